The molecular weight excluding hydrogens is 234 g/mol. The van der Waals surface area contributed by atoms with Crippen molar-refractivity contribution in [1.29, 1.82) is 0 Å². The minimum absolute atomic E-state index is 0.452. The number of anilines is 1. The Bertz CT molecular complexity index is 390. The predicted octanol–water partition coefficient (Wildman–Crippen LogP) is 4.61. The Morgan fingerprint density at radius 2 is 1.79 bits per heavy atom. The Morgan fingerprint density at radius 1 is 1.11 bits per heavy atom. The number of rotatable bonds is 6. The summed E-state index contributed by atoms with van der Waals surface area (Å²) in [7, 11) is 0. The molecule has 104 valence electrons. The first-order valence-electron chi connectivity index (χ1n) is 7.88. The van der Waals surface area contributed by atoms with Gasteiger partial charge in [0.05, 0.1) is 6.10 Å². The van der Waals surface area contributed by atoms with E-state index in [1.165, 1.54) is 50.6 Å². The molecule has 1 aromatic carbocycles. The largest absolute Gasteiger partial charge is 0.490 e. The molecule has 2 nitrogen and oxygen atoms in total. The van der Waals surface area contributed by atoms with Gasteiger partial charge in [-0.2, -0.15) is 0 Å². The molecule has 0 heterocycles. The maximum Gasteiger partial charge on any atom is 0.119 e. The molecule has 1 aromatic rings. The van der Waals surface area contributed by atoms with Crippen LogP contribution in [-0.2, 0) is 0 Å². The fourth-order valence-corrected chi connectivity index (χ4v) is 3.09. The van der Waals surface area contributed by atoms with E-state index in [4.69, 9.17) is 4.74 Å². The van der Waals surface area contributed by atoms with Gasteiger partial charge in [0, 0.05) is 11.7 Å². The Labute approximate surface area is 116 Å². The molecular formula is C17H25NO. The van der Waals surface area contributed by atoms with Crippen molar-refractivity contribution in [2.75, 3.05) is 5.32 Å². The molecule has 3 rings (SSSR count). The summed E-state index contributed by atoms with van der Waals surface area (Å²) in [6, 6.07) is 9.20. The zero-order chi connectivity index (χ0) is 13.1. The fraction of sp³-hybridized carbons (Fsp3) is 0.647. The molecule has 2 aliphatic carbocycles. The molecule has 1 atom stereocenters. The molecule has 1 N–H and O–H groups in total. The second-order valence-corrected chi connectivity index (χ2v) is 6.05. The maximum absolute atomic E-state index is 5.99. The third-order valence-corrected chi connectivity index (χ3v) is 4.44. The van der Waals surface area contributed by atoms with E-state index in [0.717, 1.165) is 11.7 Å². The lowest BCUT2D eigenvalue weighted by atomic mass is 10.1. The SMILES string of the molecule is CCC(Nc1ccc(OC2CCCC2)cc1)C1CC1. The summed E-state index contributed by atoms with van der Waals surface area (Å²) in [4.78, 5) is 0. The van der Waals surface area contributed by atoms with E-state index in [1.807, 2.05) is 0 Å². The van der Waals surface area contributed by atoms with Crippen molar-refractivity contribution in [3.8, 4) is 5.75 Å². The van der Waals surface area contributed by atoms with Gasteiger partial charge in [0.15, 0.2) is 0 Å². The van der Waals surface area contributed by atoms with E-state index in [1.54, 1.807) is 0 Å². The van der Waals surface area contributed by atoms with Crippen LogP contribution in [0.4, 0.5) is 5.69 Å². The third-order valence-electron chi connectivity index (χ3n) is 4.44. The van der Waals surface area contributed by atoms with Crippen molar-refractivity contribution in [2.45, 2.75) is 64.0 Å². The lowest BCUT2D eigenvalue weighted by molar-refractivity contribution is 0.210. The van der Waals surface area contributed by atoms with E-state index in [2.05, 4.69) is 36.5 Å². The molecule has 0 radical (unpaired) electrons. The Morgan fingerprint density at radius 3 is 2.37 bits per heavy atom. The van der Waals surface area contributed by atoms with Crippen LogP contribution in [-0.4, -0.2) is 12.1 Å². The number of ether oxygens (including phenoxy) is 1. The molecule has 0 aliphatic heterocycles. The molecule has 0 bridgehead atoms. The van der Waals surface area contributed by atoms with Crippen molar-refractivity contribution in [3.05, 3.63) is 24.3 Å². The second-order valence-electron chi connectivity index (χ2n) is 6.05. The summed E-state index contributed by atoms with van der Waals surface area (Å²) in [5.74, 6) is 1.93. The van der Waals surface area contributed by atoms with Crippen LogP contribution in [0.5, 0.6) is 5.75 Å². The second kappa shape index (κ2) is 5.85. The van der Waals surface area contributed by atoms with Gasteiger partial charge in [0.2, 0.25) is 0 Å². The summed E-state index contributed by atoms with van der Waals surface area (Å²) in [5, 5.41) is 3.66. The molecule has 2 aliphatic rings. The van der Waals surface area contributed by atoms with Gasteiger partial charge in [-0.15, -0.1) is 0 Å². The van der Waals surface area contributed by atoms with Crippen LogP contribution in [0.2, 0.25) is 0 Å². The maximum atomic E-state index is 5.99. The Kier molecular flexibility index (Phi) is 3.95. The Hall–Kier alpha value is -1.18. The minimum atomic E-state index is 0.452. The number of nitrogens with one attached hydrogen (secondary N) is 1. The highest BCUT2D eigenvalue weighted by molar-refractivity contribution is 5.47. The zero-order valence-corrected chi connectivity index (χ0v) is 11.9. The van der Waals surface area contributed by atoms with E-state index in [9.17, 15) is 0 Å². The van der Waals surface area contributed by atoms with Crippen molar-refractivity contribution >= 4 is 5.69 Å². The van der Waals surface area contributed by atoms with E-state index in [0.29, 0.717) is 12.1 Å². The Balaban J connectivity index is 1.55. The first-order chi connectivity index (χ1) is 9.35. The normalized spacial score (nSPS) is 21.3. The average Bonchev–Trinajstić information content (AvgIpc) is 3.16. The molecule has 19 heavy (non-hydrogen) atoms. The van der Waals surface area contributed by atoms with Crippen molar-refractivity contribution < 1.29 is 4.74 Å². The highest BCUT2D eigenvalue weighted by Crippen LogP contribution is 2.35. The standard InChI is InChI=1S/C17H25NO/c1-2-17(13-7-8-13)18-14-9-11-16(12-10-14)19-15-5-3-4-6-15/h9-13,15,17-18H,2-8H2,1H3. The molecule has 0 saturated heterocycles. The first-order valence-corrected chi connectivity index (χ1v) is 7.88. The van der Waals surface area contributed by atoms with E-state index >= 15 is 0 Å². The first kappa shape index (κ1) is 12.8. The van der Waals surface area contributed by atoms with Gasteiger partial charge in [0.25, 0.3) is 0 Å². The molecule has 0 aromatic heterocycles. The quantitative estimate of drug-likeness (QED) is 0.805. The lowest BCUT2D eigenvalue weighted by Crippen LogP contribution is -2.20. The van der Waals surface area contributed by atoms with Crippen LogP contribution in [0, 0.1) is 5.92 Å². The van der Waals surface area contributed by atoms with Gasteiger partial charge in [-0.25, -0.2) is 0 Å². The predicted molar refractivity (Wildman–Crippen MR) is 79.8 cm³/mol. The van der Waals surface area contributed by atoms with Gasteiger partial charge < -0.3 is 10.1 Å². The van der Waals surface area contributed by atoms with Gasteiger partial charge in [0.1, 0.15) is 5.75 Å². The van der Waals surface area contributed by atoms with Crippen LogP contribution in [0.15, 0.2) is 24.3 Å². The van der Waals surface area contributed by atoms with E-state index in [-0.39, 0.29) is 0 Å². The summed E-state index contributed by atoms with van der Waals surface area (Å²) < 4.78 is 5.99. The minimum Gasteiger partial charge on any atom is -0.490 e. The lowest BCUT2D eigenvalue weighted by Gasteiger charge is -2.18. The molecule has 0 spiro atoms. The molecule has 2 saturated carbocycles. The molecule has 2 fully saturated rings. The van der Waals surface area contributed by atoms with Crippen LogP contribution >= 0.6 is 0 Å². The number of hydrogen-bond acceptors (Lipinski definition) is 2. The van der Waals surface area contributed by atoms with Crippen molar-refractivity contribution in [2.24, 2.45) is 5.92 Å². The van der Waals surface area contributed by atoms with Crippen LogP contribution in [0.25, 0.3) is 0 Å². The smallest absolute Gasteiger partial charge is 0.119 e. The zero-order valence-electron chi connectivity index (χ0n) is 11.9. The highest BCUT2D eigenvalue weighted by atomic mass is 16.5. The summed E-state index contributed by atoms with van der Waals surface area (Å²) in [5.41, 5.74) is 1.23. The topological polar surface area (TPSA) is 21.3 Å². The van der Waals surface area contributed by atoms with Gasteiger partial charge >= 0.3 is 0 Å². The van der Waals surface area contributed by atoms with Gasteiger partial charge in [-0.1, -0.05) is 6.92 Å². The summed E-state index contributed by atoms with van der Waals surface area (Å²) in [6.07, 6.45) is 9.55. The average molecular weight is 259 g/mol. The van der Waals surface area contributed by atoms with Crippen molar-refractivity contribution in [3.63, 3.8) is 0 Å². The fourth-order valence-electron chi connectivity index (χ4n) is 3.09. The van der Waals surface area contributed by atoms with Crippen molar-refractivity contribution in [1.82, 2.24) is 0 Å². The van der Waals surface area contributed by atoms with Crippen LogP contribution in [0.3, 0.4) is 0 Å². The third kappa shape index (κ3) is 3.43. The van der Waals surface area contributed by atoms with Gasteiger partial charge in [-0.05, 0) is 75.1 Å². The highest BCUT2D eigenvalue weighted by Gasteiger charge is 2.29. The molecule has 0 amide bonds. The molecule has 1 unspecified atom stereocenters. The summed E-state index contributed by atoms with van der Waals surface area (Å²) in [6.45, 7) is 2.27. The van der Waals surface area contributed by atoms with Crippen LogP contribution in [0.1, 0.15) is 51.9 Å². The van der Waals surface area contributed by atoms with E-state index < -0.39 is 0 Å². The summed E-state index contributed by atoms with van der Waals surface area (Å²) >= 11 is 0. The van der Waals surface area contributed by atoms with Crippen LogP contribution < -0.4 is 10.1 Å². The molecule has 2 heteroatoms. The number of benzene rings is 1. The number of hydrogen-bond donors (Lipinski definition) is 1. The monoisotopic (exact) mass is 259 g/mol. The van der Waals surface area contributed by atoms with Gasteiger partial charge in [-0.3, -0.25) is 0 Å².